The third-order valence-electron chi connectivity index (χ3n) is 3.79. The minimum absolute atomic E-state index is 0.0182. The fourth-order valence-corrected chi connectivity index (χ4v) is 2.58. The van der Waals surface area contributed by atoms with Gasteiger partial charge in [-0.15, -0.1) is 6.58 Å². The molecule has 110 valence electrons. The summed E-state index contributed by atoms with van der Waals surface area (Å²) < 4.78 is 5.81. The minimum atomic E-state index is 0.0182. The Labute approximate surface area is 129 Å². The molecule has 0 saturated carbocycles. The first kappa shape index (κ1) is 14.3. The number of fused-ring (bicyclic) bond motifs is 1. The molecule has 0 N–H and O–H groups in total. The van der Waals surface area contributed by atoms with Gasteiger partial charge in [0.1, 0.15) is 11.8 Å². The van der Waals surface area contributed by atoms with Crippen molar-refractivity contribution in [1.29, 1.82) is 0 Å². The number of allylic oxidation sites excluding steroid dienone is 1. The lowest BCUT2D eigenvalue weighted by molar-refractivity contribution is 0.599. The van der Waals surface area contributed by atoms with E-state index in [0.29, 0.717) is 16.5 Å². The van der Waals surface area contributed by atoms with Crippen LogP contribution in [0.3, 0.4) is 0 Å². The molecule has 0 bridgehead atoms. The summed E-state index contributed by atoms with van der Waals surface area (Å²) in [6, 6.07) is 15.4. The molecule has 0 saturated heterocycles. The summed E-state index contributed by atoms with van der Waals surface area (Å²) in [7, 11) is 0. The molecule has 3 aromatic rings. The van der Waals surface area contributed by atoms with Crippen molar-refractivity contribution in [1.82, 2.24) is 0 Å². The van der Waals surface area contributed by atoms with Gasteiger partial charge in [0.25, 0.3) is 0 Å². The summed E-state index contributed by atoms with van der Waals surface area (Å²) in [4.78, 5) is 12.7. The van der Waals surface area contributed by atoms with E-state index in [1.807, 2.05) is 55.5 Å². The summed E-state index contributed by atoms with van der Waals surface area (Å²) in [5, 5.41) is 0.639. The van der Waals surface area contributed by atoms with Crippen molar-refractivity contribution >= 4 is 11.0 Å². The van der Waals surface area contributed by atoms with E-state index in [1.165, 1.54) is 0 Å². The van der Waals surface area contributed by atoms with Crippen molar-refractivity contribution in [2.24, 2.45) is 0 Å². The minimum Gasteiger partial charge on any atom is -0.463 e. The van der Waals surface area contributed by atoms with Crippen molar-refractivity contribution < 1.29 is 4.42 Å². The van der Waals surface area contributed by atoms with Crippen molar-refractivity contribution in [2.45, 2.75) is 19.8 Å². The van der Waals surface area contributed by atoms with Crippen molar-refractivity contribution in [3.05, 3.63) is 82.7 Å². The monoisotopic (exact) mass is 290 g/mol. The van der Waals surface area contributed by atoms with Gasteiger partial charge in [-0.1, -0.05) is 48.0 Å². The Hall–Kier alpha value is -2.61. The molecule has 0 aliphatic heterocycles. The summed E-state index contributed by atoms with van der Waals surface area (Å²) in [6.45, 7) is 5.94. The zero-order chi connectivity index (χ0) is 15.5. The quantitative estimate of drug-likeness (QED) is 0.635. The molecule has 2 aromatic carbocycles. The first-order chi connectivity index (χ1) is 10.7. The first-order valence-corrected chi connectivity index (χ1v) is 7.40. The van der Waals surface area contributed by atoms with Crippen LogP contribution in [0.4, 0.5) is 0 Å². The average Bonchev–Trinajstić information content (AvgIpc) is 2.54. The normalized spacial score (nSPS) is 10.8. The van der Waals surface area contributed by atoms with Crippen LogP contribution in [0.1, 0.15) is 18.9 Å². The molecule has 0 spiro atoms. The Morgan fingerprint density at radius 3 is 2.59 bits per heavy atom. The average molecular weight is 290 g/mol. The summed E-state index contributed by atoms with van der Waals surface area (Å²) in [5.74, 6) is 0. The number of hydrogen-bond acceptors (Lipinski definition) is 2. The molecule has 0 unspecified atom stereocenters. The van der Waals surface area contributed by atoms with E-state index in [-0.39, 0.29) is 5.43 Å². The van der Waals surface area contributed by atoms with Crippen molar-refractivity contribution in [3.8, 4) is 11.1 Å². The second kappa shape index (κ2) is 6.02. The predicted molar refractivity (Wildman–Crippen MR) is 91.1 cm³/mol. The maximum Gasteiger partial charge on any atom is 0.200 e. The molecule has 0 aliphatic carbocycles. The van der Waals surface area contributed by atoms with Crippen LogP contribution < -0.4 is 5.43 Å². The van der Waals surface area contributed by atoms with Gasteiger partial charge in [-0.05, 0) is 37.0 Å². The van der Waals surface area contributed by atoms with Crippen LogP contribution in [0.2, 0.25) is 0 Å². The Kier molecular flexibility index (Phi) is 3.92. The molecule has 2 heteroatoms. The SMILES string of the molecule is C=C(C)CCc1cccc2c(=O)c(-c3ccccc3)coc12. The lowest BCUT2D eigenvalue weighted by Gasteiger charge is -2.07. The van der Waals surface area contributed by atoms with Crippen LogP contribution >= 0.6 is 0 Å². The first-order valence-electron chi connectivity index (χ1n) is 7.40. The summed E-state index contributed by atoms with van der Waals surface area (Å²) in [6.07, 6.45) is 3.30. The summed E-state index contributed by atoms with van der Waals surface area (Å²) in [5.41, 5.74) is 4.37. The molecular weight excluding hydrogens is 272 g/mol. The Balaban J connectivity index is 2.13. The zero-order valence-corrected chi connectivity index (χ0v) is 12.6. The molecular formula is C20H18O2. The zero-order valence-electron chi connectivity index (χ0n) is 12.6. The van der Waals surface area contributed by atoms with Crippen LogP contribution in [-0.4, -0.2) is 0 Å². The highest BCUT2D eigenvalue weighted by Crippen LogP contribution is 2.23. The van der Waals surface area contributed by atoms with E-state index < -0.39 is 0 Å². The van der Waals surface area contributed by atoms with Crippen LogP contribution in [-0.2, 0) is 6.42 Å². The van der Waals surface area contributed by atoms with Crippen LogP contribution in [0.25, 0.3) is 22.1 Å². The predicted octanol–water partition coefficient (Wildman–Crippen LogP) is 4.97. The van der Waals surface area contributed by atoms with Gasteiger partial charge < -0.3 is 4.42 Å². The largest absolute Gasteiger partial charge is 0.463 e. The molecule has 0 radical (unpaired) electrons. The Morgan fingerprint density at radius 1 is 1.09 bits per heavy atom. The molecule has 0 atom stereocenters. The number of benzene rings is 2. The van der Waals surface area contributed by atoms with Crippen LogP contribution in [0.5, 0.6) is 0 Å². The van der Waals surface area contributed by atoms with Gasteiger partial charge in [0, 0.05) is 0 Å². The molecule has 22 heavy (non-hydrogen) atoms. The molecule has 1 heterocycles. The highest BCUT2D eigenvalue weighted by molar-refractivity contribution is 5.83. The van der Waals surface area contributed by atoms with E-state index in [4.69, 9.17) is 4.42 Å². The molecule has 3 rings (SSSR count). The lowest BCUT2D eigenvalue weighted by Crippen LogP contribution is -2.05. The number of hydrogen-bond donors (Lipinski definition) is 0. The Bertz CT molecular complexity index is 873. The number of aryl methyl sites for hydroxylation is 1. The van der Waals surface area contributed by atoms with Crippen molar-refractivity contribution in [3.63, 3.8) is 0 Å². The van der Waals surface area contributed by atoms with Gasteiger partial charge in [0.2, 0.25) is 0 Å². The third kappa shape index (κ3) is 2.73. The lowest BCUT2D eigenvalue weighted by atomic mass is 10.0. The highest BCUT2D eigenvalue weighted by atomic mass is 16.3. The van der Waals surface area contributed by atoms with E-state index in [2.05, 4.69) is 6.58 Å². The summed E-state index contributed by atoms with van der Waals surface area (Å²) >= 11 is 0. The molecule has 2 nitrogen and oxygen atoms in total. The van der Waals surface area contributed by atoms with E-state index >= 15 is 0 Å². The van der Waals surface area contributed by atoms with Crippen molar-refractivity contribution in [2.75, 3.05) is 0 Å². The topological polar surface area (TPSA) is 30.2 Å². The second-order valence-corrected chi connectivity index (χ2v) is 5.60. The third-order valence-corrected chi connectivity index (χ3v) is 3.79. The van der Waals surface area contributed by atoms with E-state index in [9.17, 15) is 4.79 Å². The molecule has 0 aliphatic rings. The van der Waals surface area contributed by atoms with Gasteiger partial charge in [0.15, 0.2) is 5.43 Å². The fraction of sp³-hybridized carbons (Fsp3) is 0.150. The maximum atomic E-state index is 12.7. The maximum absolute atomic E-state index is 12.7. The second-order valence-electron chi connectivity index (χ2n) is 5.60. The van der Waals surface area contributed by atoms with Gasteiger partial charge in [-0.3, -0.25) is 4.79 Å². The van der Waals surface area contributed by atoms with Crippen LogP contribution in [0, 0.1) is 0 Å². The van der Waals surface area contributed by atoms with Gasteiger partial charge in [-0.25, -0.2) is 0 Å². The van der Waals surface area contributed by atoms with Gasteiger partial charge >= 0.3 is 0 Å². The molecule has 0 amide bonds. The highest BCUT2D eigenvalue weighted by Gasteiger charge is 2.11. The number of rotatable bonds is 4. The Morgan fingerprint density at radius 2 is 1.86 bits per heavy atom. The molecule has 1 aromatic heterocycles. The van der Waals surface area contributed by atoms with E-state index in [1.54, 1.807) is 6.26 Å². The van der Waals surface area contributed by atoms with Gasteiger partial charge in [0.05, 0.1) is 10.9 Å². The fourth-order valence-electron chi connectivity index (χ4n) is 2.58. The van der Waals surface area contributed by atoms with Gasteiger partial charge in [-0.2, -0.15) is 0 Å². The standard InChI is InChI=1S/C20H18O2/c1-14(2)11-12-16-9-6-10-17-19(21)18(13-22-20(16)17)15-7-4-3-5-8-15/h3-10,13H,1,11-12H2,2H3. The van der Waals surface area contributed by atoms with E-state index in [0.717, 1.165) is 29.5 Å². The molecule has 0 fully saturated rings. The smallest absolute Gasteiger partial charge is 0.200 e. The van der Waals surface area contributed by atoms with Crippen LogP contribution in [0.15, 0.2) is 76.2 Å². The number of para-hydroxylation sites is 1.